The van der Waals surface area contributed by atoms with E-state index < -0.39 is 12.0 Å². The van der Waals surface area contributed by atoms with Crippen LogP contribution in [0.15, 0.2) is 24.3 Å². The summed E-state index contributed by atoms with van der Waals surface area (Å²) in [6.07, 6.45) is 42.5. The van der Waals surface area contributed by atoms with Crippen LogP contribution >= 0.6 is 0 Å². The van der Waals surface area contributed by atoms with Crippen molar-refractivity contribution in [2.75, 3.05) is 59.3 Å². The summed E-state index contributed by atoms with van der Waals surface area (Å²) in [6, 6.07) is 0. The van der Waals surface area contributed by atoms with Gasteiger partial charge in [0, 0.05) is 32.4 Å². The van der Waals surface area contributed by atoms with Crippen LogP contribution in [0.1, 0.15) is 213 Å². The van der Waals surface area contributed by atoms with Gasteiger partial charge in [-0.25, -0.2) is 0 Å². The van der Waals surface area contributed by atoms with Gasteiger partial charge in [0.25, 0.3) is 0 Å². The van der Waals surface area contributed by atoms with Crippen LogP contribution in [0.5, 0.6) is 0 Å². The van der Waals surface area contributed by atoms with E-state index in [1.807, 2.05) is 0 Å². The van der Waals surface area contributed by atoms with Crippen molar-refractivity contribution in [1.29, 1.82) is 0 Å². The van der Waals surface area contributed by atoms with Crippen molar-refractivity contribution < 1.29 is 38.4 Å². The molecular weight excluding hydrogens is 743 g/mol. The van der Waals surface area contributed by atoms with Gasteiger partial charge in [0.05, 0.1) is 25.2 Å². The van der Waals surface area contributed by atoms with Gasteiger partial charge < -0.3 is 24.1 Å². The topological polar surface area (TPSA) is 112 Å². The predicted octanol–water partition coefficient (Wildman–Crippen LogP) is 12.2. The number of morpholine rings is 1. The molecule has 0 unspecified atom stereocenters. The number of carbonyl (C=O) groups is 3. The Balaban J connectivity index is 2.38. The molecule has 344 valence electrons. The van der Waals surface area contributed by atoms with E-state index >= 15 is 0 Å². The third-order valence-electron chi connectivity index (χ3n) is 11.4. The minimum atomic E-state index is -1.21. The molecule has 1 heterocycles. The average Bonchev–Trinajstić information content (AvgIpc) is 3.25. The Morgan fingerprint density at radius 3 is 1.17 bits per heavy atom. The van der Waals surface area contributed by atoms with Gasteiger partial charge in [0.15, 0.2) is 0 Å². The number of hydrogen-bond donors (Lipinski definition) is 1. The molecule has 0 aromatic rings. The second kappa shape index (κ2) is 41.1. The molecule has 1 aliphatic heterocycles. The number of hydrogen-bond acceptors (Lipinski definition) is 9. The highest BCUT2D eigenvalue weighted by atomic mass is 16.6. The zero-order valence-electron chi connectivity index (χ0n) is 38.3. The molecule has 9 nitrogen and oxygen atoms in total. The third-order valence-corrected chi connectivity index (χ3v) is 11.4. The maximum absolute atomic E-state index is 12.7. The first-order chi connectivity index (χ1) is 28.9. The Kier molecular flexibility index (Phi) is 38.2. The lowest BCUT2D eigenvalue weighted by Gasteiger charge is -2.30. The smallest absolute Gasteiger partial charge is 0.305 e. The van der Waals surface area contributed by atoms with Gasteiger partial charge in [-0.1, -0.05) is 141 Å². The first-order valence-electron chi connectivity index (χ1n) is 24.6. The van der Waals surface area contributed by atoms with Crippen LogP contribution in [-0.4, -0.2) is 87.2 Å². The quantitative estimate of drug-likeness (QED) is 0.0278. The zero-order chi connectivity index (χ0) is 42.8. The third kappa shape index (κ3) is 35.1. The second-order valence-corrected chi connectivity index (χ2v) is 17.2. The van der Waals surface area contributed by atoms with E-state index in [0.717, 1.165) is 103 Å². The minimum absolute atomic E-state index is 0.182. The maximum atomic E-state index is 12.7. The van der Waals surface area contributed by atoms with Gasteiger partial charge in [0.1, 0.15) is 19.8 Å². The summed E-state index contributed by atoms with van der Waals surface area (Å²) in [5.41, 5.74) is -1.21. The van der Waals surface area contributed by atoms with Crippen LogP contribution in [0, 0.1) is 5.41 Å². The molecule has 0 saturated carbocycles. The van der Waals surface area contributed by atoms with E-state index in [1.54, 1.807) is 0 Å². The number of unbranched alkanes of at least 4 members (excludes halogenated alkanes) is 23. The van der Waals surface area contributed by atoms with E-state index in [1.165, 1.54) is 103 Å². The van der Waals surface area contributed by atoms with Gasteiger partial charge in [-0.15, -0.1) is 0 Å². The van der Waals surface area contributed by atoms with Crippen molar-refractivity contribution in [1.82, 2.24) is 4.90 Å². The van der Waals surface area contributed by atoms with Gasteiger partial charge in [0.2, 0.25) is 0 Å². The molecule has 1 N–H and O–H groups in total. The van der Waals surface area contributed by atoms with Crippen LogP contribution in [0.4, 0.5) is 0 Å². The lowest BCUT2D eigenvalue weighted by molar-refractivity contribution is -0.165. The van der Waals surface area contributed by atoms with Gasteiger partial charge in [-0.2, -0.15) is 0 Å². The summed E-state index contributed by atoms with van der Waals surface area (Å²) in [5.74, 6) is -1.08. The molecule has 1 aliphatic rings. The van der Waals surface area contributed by atoms with Crippen LogP contribution in [0.2, 0.25) is 0 Å². The monoisotopic (exact) mass is 834 g/mol. The largest absolute Gasteiger partial charge is 0.465 e. The summed E-state index contributed by atoms with van der Waals surface area (Å²) >= 11 is 0. The normalized spacial score (nSPS) is 13.7. The Bertz CT molecular complexity index is 984. The average molecular weight is 834 g/mol. The molecule has 0 amide bonds. The molecule has 1 rings (SSSR count). The zero-order valence-corrected chi connectivity index (χ0v) is 38.3. The lowest BCUT2D eigenvalue weighted by Crippen LogP contribution is -2.42. The molecular formula is C50H91NO8. The highest BCUT2D eigenvalue weighted by Gasteiger charge is 2.35. The van der Waals surface area contributed by atoms with Crippen LogP contribution in [0.25, 0.3) is 0 Å². The number of rotatable bonds is 42. The second-order valence-electron chi connectivity index (χ2n) is 17.2. The molecule has 0 aromatic carbocycles. The molecule has 0 bridgehead atoms. The highest BCUT2D eigenvalue weighted by Crippen LogP contribution is 2.22. The molecule has 0 aromatic heterocycles. The molecule has 1 saturated heterocycles. The molecule has 0 aliphatic carbocycles. The highest BCUT2D eigenvalue weighted by molar-refractivity contribution is 5.70. The first-order valence-corrected chi connectivity index (χ1v) is 24.6. The summed E-state index contributed by atoms with van der Waals surface area (Å²) in [4.78, 5) is 40.5. The van der Waals surface area contributed by atoms with Crippen molar-refractivity contribution in [2.45, 2.75) is 213 Å². The summed E-state index contributed by atoms with van der Waals surface area (Å²) in [5, 5.41) is 10.5. The van der Waals surface area contributed by atoms with E-state index in [0.29, 0.717) is 6.42 Å². The standard InChI is InChI=1S/C50H91NO8/c1-3-5-7-9-11-13-15-17-19-21-23-25-27-29-31-35-47(53)57-44-50(43-52,46-59-49(55)37-33-34-38-51-39-41-56-42-40-51)45-58-48(54)36-32-30-28-26-24-22-20-18-16-14-12-10-8-6-4-2/h17-20,52H,3-16,21-46H2,1-2H3/b19-17-,20-18-. The Labute approximate surface area is 362 Å². The van der Waals surface area contributed by atoms with Crippen LogP contribution < -0.4 is 0 Å². The summed E-state index contributed by atoms with van der Waals surface area (Å²) < 4.78 is 22.3. The number of esters is 3. The van der Waals surface area contributed by atoms with Gasteiger partial charge in [-0.05, 0) is 83.6 Å². The number of nitrogens with zero attached hydrogens (tertiary/aromatic N) is 1. The molecule has 0 spiro atoms. The Morgan fingerprint density at radius 2 is 0.814 bits per heavy atom. The Morgan fingerprint density at radius 1 is 0.492 bits per heavy atom. The fraction of sp³-hybridized carbons (Fsp3) is 0.860. The van der Waals surface area contributed by atoms with Crippen molar-refractivity contribution >= 4 is 17.9 Å². The number of carbonyl (C=O) groups excluding carboxylic acids is 3. The summed E-state index contributed by atoms with van der Waals surface area (Å²) in [6.45, 7) is 7.74. The van der Waals surface area contributed by atoms with E-state index in [-0.39, 0.29) is 57.0 Å². The number of ether oxygens (including phenoxy) is 4. The van der Waals surface area contributed by atoms with Crippen LogP contribution in [-0.2, 0) is 33.3 Å². The lowest BCUT2D eigenvalue weighted by atomic mass is 9.92. The van der Waals surface area contributed by atoms with Gasteiger partial charge in [-0.3, -0.25) is 19.3 Å². The molecule has 9 heteroatoms. The van der Waals surface area contributed by atoms with E-state index in [2.05, 4.69) is 43.1 Å². The van der Waals surface area contributed by atoms with Crippen molar-refractivity contribution in [3.05, 3.63) is 24.3 Å². The number of aliphatic hydroxyl groups excluding tert-OH is 1. The van der Waals surface area contributed by atoms with E-state index in [9.17, 15) is 19.5 Å². The van der Waals surface area contributed by atoms with Crippen molar-refractivity contribution in [3.63, 3.8) is 0 Å². The fourth-order valence-electron chi connectivity index (χ4n) is 7.29. The molecule has 1 fully saturated rings. The van der Waals surface area contributed by atoms with Crippen molar-refractivity contribution in [3.8, 4) is 0 Å². The first kappa shape index (κ1) is 54.8. The van der Waals surface area contributed by atoms with E-state index in [4.69, 9.17) is 18.9 Å². The number of allylic oxidation sites excluding steroid dienone is 4. The SMILES string of the molecule is CCCCCCCC/C=C\CCCCCCCC(=O)OCC(CO)(COC(=O)CCCCCCC/C=C\CCCCCCCC)COC(=O)CCCCN1CCOCC1. The van der Waals surface area contributed by atoms with Crippen LogP contribution in [0.3, 0.4) is 0 Å². The predicted molar refractivity (Wildman–Crippen MR) is 242 cm³/mol. The minimum Gasteiger partial charge on any atom is -0.465 e. The van der Waals surface area contributed by atoms with Crippen molar-refractivity contribution in [2.24, 2.45) is 5.41 Å². The maximum Gasteiger partial charge on any atom is 0.305 e. The molecule has 0 atom stereocenters. The Hall–Kier alpha value is -2.23. The molecule has 59 heavy (non-hydrogen) atoms. The summed E-state index contributed by atoms with van der Waals surface area (Å²) in [7, 11) is 0. The fourth-order valence-corrected chi connectivity index (χ4v) is 7.29. The van der Waals surface area contributed by atoms with Gasteiger partial charge >= 0.3 is 17.9 Å². The molecule has 0 radical (unpaired) electrons. The number of aliphatic hydroxyl groups is 1.